The maximum atomic E-state index is 13.0. The molecule has 17 heavy (non-hydrogen) atoms. The fourth-order valence-electron chi connectivity index (χ4n) is 1.34. The van der Waals surface area contributed by atoms with Gasteiger partial charge in [-0.25, -0.2) is 4.39 Å². The molecule has 3 nitrogen and oxygen atoms in total. The average molecular weight is 259 g/mol. The van der Waals surface area contributed by atoms with Crippen molar-refractivity contribution in [3.63, 3.8) is 0 Å². The summed E-state index contributed by atoms with van der Waals surface area (Å²) < 4.78 is 13.0. The summed E-state index contributed by atoms with van der Waals surface area (Å²) in [7, 11) is 0. The molecule has 0 aliphatic carbocycles. The molecule has 94 valence electrons. The van der Waals surface area contributed by atoms with Crippen LogP contribution < -0.4 is 11.1 Å². The van der Waals surface area contributed by atoms with Gasteiger partial charge in [-0.2, -0.15) is 0 Å². The van der Waals surface area contributed by atoms with Crippen LogP contribution >= 0.6 is 11.6 Å². The molecule has 1 amide bonds. The lowest BCUT2D eigenvalue weighted by Crippen LogP contribution is -2.16. The van der Waals surface area contributed by atoms with E-state index in [1.165, 1.54) is 18.2 Å². The Morgan fingerprint density at radius 2 is 2.24 bits per heavy atom. The van der Waals surface area contributed by atoms with E-state index >= 15 is 0 Å². The molecule has 1 rings (SSSR count). The van der Waals surface area contributed by atoms with Gasteiger partial charge in [0.2, 0.25) is 5.91 Å². The van der Waals surface area contributed by atoms with Crippen LogP contribution in [0, 0.1) is 11.7 Å². The number of amides is 1. The van der Waals surface area contributed by atoms with Crippen LogP contribution in [0.1, 0.15) is 19.8 Å². The molecule has 0 spiro atoms. The van der Waals surface area contributed by atoms with Crippen molar-refractivity contribution >= 4 is 23.2 Å². The van der Waals surface area contributed by atoms with E-state index in [9.17, 15) is 9.18 Å². The molecule has 0 bridgehead atoms. The first kappa shape index (κ1) is 13.9. The number of hydrogen-bond acceptors (Lipinski definition) is 2. The number of rotatable bonds is 5. The van der Waals surface area contributed by atoms with E-state index in [-0.39, 0.29) is 10.9 Å². The minimum atomic E-state index is -0.469. The first-order valence-corrected chi connectivity index (χ1v) is 5.85. The Morgan fingerprint density at radius 3 is 2.82 bits per heavy atom. The average Bonchev–Trinajstić information content (AvgIpc) is 2.24. The lowest BCUT2D eigenvalue weighted by molar-refractivity contribution is -0.116. The summed E-state index contributed by atoms with van der Waals surface area (Å²) in [5.41, 5.74) is 5.83. The summed E-state index contributed by atoms with van der Waals surface area (Å²) in [6, 6.07) is 3.93. The monoisotopic (exact) mass is 258 g/mol. The molecule has 0 saturated carbocycles. The number of benzene rings is 1. The van der Waals surface area contributed by atoms with Crippen molar-refractivity contribution in [2.24, 2.45) is 11.7 Å². The molecule has 1 aromatic rings. The number of carbonyl (C=O) groups excluding carboxylic acids is 1. The Hall–Kier alpha value is -1.13. The standard InChI is InChI=1S/C12H16ClFN2O/c1-8(7-15)2-3-12(17)16-11-5-9(13)4-10(14)6-11/h4-6,8H,2-3,7,15H2,1H3,(H,16,17). The highest BCUT2D eigenvalue weighted by Crippen LogP contribution is 2.18. The number of carbonyl (C=O) groups is 1. The topological polar surface area (TPSA) is 55.1 Å². The molecule has 0 radical (unpaired) electrons. The van der Waals surface area contributed by atoms with Gasteiger partial charge in [-0.15, -0.1) is 0 Å². The van der Waals surface area contributed by atoms with Gasteiger partial charge in [-0.3, -0.25) is 4.79 Å². The molecule has 1 aromatic carbocycles. The summed E-state index contributed by atoms with van der Waals surface area (Å²) in [6.07, 6.45) is 1.08. The molecule has 0 aliphatic rings. The number of nitrogens with one attached hydrogen (secondary N) is 1. The van der Waals surface area contributed by atoms with Gasteiger partial charge in [0.05, 0.1) is 0 Å². The van der Waals surface area contributed by atoms with Crippen molar-refractivity contribution in [3.05, 3.63) is 29.0 Å². The van der Waals surface area contributed by atoms with Gasteiger partial charge >= 0.3 is 0 Å². The van der Waals surface area contributed by atoms with Gasteiger partial charge in [0.15, 0.2) is 0 Å². The molecular weight excluding hydrogens is 243 g/mol. The van der Waals surface area contributed by atoms with Crippen LogP contribution in [0.2, 0.25) is 5.02 Å². The number of hydrogen-bond donors (Lipinski definition) is 2. The van der Waals surface area contributed by atoms with Crippen molar-refractivity contribution in [1.29, 1.82) is 0 Å². The second-order valence-corrected chi connectivity index (χ2v) is 4.52. The largest absolute Gasteiger partial charge is 0.330 e. The molecule has 0 aromatic heterocycles. The molecule has 5 heteroatoms. The van der Waals surface area contributed by atoms with Gasteiger partial charge in [-0.05, 0) is 37.1 Å². The van der Waals surface area contributed by atoms with E-state index in [0.717, 1.165) is 0 Å². The first-order valence-electron chi connectivity index (χ1n) is 5.47. The van der Waals surface area contributed by atoms with Gasteiger partial charge in [-0.1, -0.05) is 18.5 Å². The van der Waals surface area contributed by atoms with Gasteiger partial charge in [0.1, 0.15) is 5.82 Å². The van der Waals surface area contributed by atoms with Crippen molar-refractivity contribution in [2.75, 3.05) is 11.9 Å². The summed E-state index contributed by atoms with van der Waals surface area (Å²) in [5.74, 6) is -0.327. The van der Waals surface area contributed by atoms with Crippen LogP contribution in [-0.2, 0) is 4.79 Å². The SMILES string of the molecule is CC(CN)CCC(=O)Nc1cc(F)cc(Cl)c1. The number of halogens is 2. The minimum Gasteiger partial charge on any atom is -0.330 e. The maximum absolute atomic E-state index is 13.0. The third-order valence-corrected chi connectivity index (χ3v) is 2.63. The van der Waals surface area contributed by atoms with Gasteiger partial charge < -0.3 is 11.1 Å². The highest BCUT2D eigenvalue weighted by molar-refractivity contribution is 6.30. The van der Waals surface area contributed by atoms with Crippen molar-refractivity contribution in [1.82, 2.24) is 0 Å². The van der Waals surface area contributed by atoms with Crippen LogP contribution in [0.5, 0.6) is 0 Å². The zero-order chi connectivity index (χ0) is 12.8. The molecular formula is C12H16ClFN2O. The normalized spacial score (nSPS) is 12.2. The Labute approximate surface area is 105 Å². The third kappa shape index (κ3) is 5.15. The van der Waals surface area contributed by atoms with E-state index in [1.54, 1.807) is 0 Å². The number of nitrogens with two attached hydrogens (primary N) is 1. The second-order valence-electron chi connectivity index (χ2n) is 4.09. The first-order chi connectivity index (χ1) is 8.01. The van der Waals surface area contributed by atoms with Crippen LogP contribution in [0.25, 0.3) is 0 Å². The van der Waals surface area contributed by atoms with E-state index in [4.69, 9.17) is 17.3 Å². The lowest BCUT2D eigenvalue weighted by Gasteiger charge is -2.09. The Kier molecular flexibility index (Phi) is 5.38. The van der Waals surface area contributed by atoms with Crippen molar-refractivity contribution < 1.29 is 9.18 Å². The second kappa shape index (κ2) is 6.57. The number of anilines is 1. The zero-order valence-electron chi connectivity index (χ0n) is 9.67. The Bertz CT molecular complexity index is 378. The van der Waals surface area contributed by atoms with Gasteiger partial charge in [0, 0.05) is 17.1 Å². The van der Waals surface area contributed by atoms with Crippen LogP contribution in [0.3, 0.4) is 0 Å². The lowest BCUT2D eigenvalue weighted by atomic mass is 10.1. The quantitative estimate of drug-likeness (QED) is 0.853. The van der Waals surface area contributed by atoms with Crippen molar-refractivity contribution in [3.8, 4) is 0 Å². The Balaban J connectivity index is 2.50. The van der Waals surface area contributed by atoms with E-state index in [1.807, 2.05) is 6.92 Å². The molecule has 1 atom stereocenters. The fourth-order valence-corrected chi connectivity index (χ4v) is 1.57. The fraction of sp³-hybridized carbons (Fsp3) is 0.417. The van der Waals surface area contributed by atoms with Crippen LogP contribution in [0.4, 0.5) is 10.1 Å². The smallest absolute Gasteiger partial charge is 0.224 e. The highest BCUT2D eigenvalue weighted by Gasteiger charge is 2.07. The van der Waals surface area contributed by atoms with Crippen LogP contribution in [0.15, 0.2) is 18.2 Å². The summed E-state index contributed by atoms with van der Waals surface area (Å²) in [4.78, 5) is 11.5. The van der Waals surface area contributed by atoms with E-state index < -0.39 is 5.82 Å². The molecule has 0 heterocycles. The maximum Gasteiger partial charge on any atom is 0.224 e. The predicted molar refractivity (Wildman–Crippen MR) is 67.5 cm³/mol. The summed E-state index contributed by atoms with van der Waals surface area (Å²) >= 11 is 5.68. The summed E-state index contributed by atoms with van der Waals surface area (Å²) in [5, 5.41) is 2.86. The Morgan fingerprint density at radius 1 is 1.53 bits per heavy atom. The molecule has 1 unspecified atom stereocenters. The van der Waals surface area contributed by atoms with E-state index in [2.05, 4.69) is 5.32 Å². The summed E-state index contributed by atoms with van der Waals surface area (Å²) in [6.45, 7) is 2.53. The minimum absolute atomic E-state index is 0.160. The third-order valence-electron chi connectivity index (χ3n) is 2.41. The van der Waals surface area contributed by atoms with Gasteiger partial charge in [0.25, 0.3) is 0 Å². The molecule has 0 saturated heterocycles. The highest BCUT2D eigenvalue weighted by atomic mass is 35.5. The predicted octanol–water partition coefficient (Wildman–Crippen LogP) is 2.79. The molecule has 3 N–H and O–H groups in total. The zero-order valence-corrected chi connectivity index (χ0v) is 10.4. The van der Waals surface area contributed by atoms with Crippen LogP contribution in [-0.4, -0.2) is 12.5 Å². The van der Waals surface area contributed by atoms with Crippen molar-refractivity contribution in [2.45, 2.75) is 19.8 Å². The molecule has 0 aliphatic heterocycles. The molecule has 0 fully saturated rings. The van der Waals surface area contributed by atoms with E-state index in [0.29, 0.717) is 31.0 Å².